The van der Waals surface area contributed by atoms with E-state index in [0.717, 1.165) is 11.4 Å². The van der Waals surface area contributed by atoms with E-state index >= 15 is 0 Å². The van der Waals surface area contributed by atoms with Gasteiger partial charge < -0.3 is 20.6 Å². The number of benzene rings is 3. The van der Waals surface area contributed by atoms with Gasteiger partial charge in [0.15, 0.2) is 0 Å². The van der Waals surface area contributed by atoms with Crippen LogP contribution in [-0.4, -0.2) is 9.97 Å². The molecule has 3 aromatic carbocycles. The summed E-state index contributed by atoms with van der Waals surface area (Å²) in [7, 11) is 0. The third-order valence-electron chi connectivity index (χ3n) is 6.56. The molecule has 5 aromatic rings. The van der Waals surface area contributed by atoms with Crippen molar-refractivity contribution in [3.63, 3.8) is 0 Å². The zero-order valence-electron chi connectivity index (χ0n) is 23.6. The fourth-order valence-corrected chi connectivity index (χ4v) is 4.26. The maximum atomic E-state index is 12.4. The van der Waals surface area contributed by atoms with Crippen LogP contribution in [-0.2, 0) is 0 Å². The number of nitriles is 2. The summed E-state index contributed by atoms with van der Waals surface area (Å²) in [5.41, 5.74) is 2.65. The molecule has 0 saturated heterocycles. The van der Waals surface area contributed by atoms with Crippen LogP contribution in [0.2, 0.25) is 0 Å². The van der Waals surface area contributed by atoms with Gasteiger partial charge in [0.05, 0.1) is 11.4 Å². The lowest BCUT2D eigenvalue weighted by Crippen LogP contribution is -2.14. The summed E-state index contributed by atoms with van der Waals surface area (Å²) >= 11 is 0. The molecule has 0 aliphatic carbocycles. The maximum absolute atomic E-state index is 12.4. The summed E-state index contributed by atoms with van der Waals surface area (Å²) in [6, 6.07) is 29.0. The van der Waals surface area contributed by atoms with E-state index in [1.807, 2.05) is 72.8 Å². The van der Waals surface area contributed by atoms with E-state index in [2.05, 4.69) is 41.1 Å². The van der Waals surface area contributed by atoms with Crippen LogP contribution < -0.4 is 21.8 Å². The van der Waals surface area contributed by atoms with Crippen LogP contribution >= 0.6 is 0 Å². The average molecular weight is 581 g/mol. The molecule has 0 bridgehead atoms. The summed E-state index contributed by atoms with van der Waals surface area (Å²) in [6.45, 7) is 3.28. The Balaban J connectivity index is 1.43. The Bertz CT molecular complexity index is 1930. The molecule has 12 nitrogen and oxygen atoms in total. The van der Waals surface area contributed by atoms with Crippen molar-refractivity contribution in [3.05, 3.63) is 128 Å². The van der Waals surface area contributed by atoms with E-state index in [-0.39, 0.29) is 11.1 Å². The van der Waals surface area contributed by atoms with Crippen molar-refractivity contribution in [2.24, 2.45) is 20.5 Å². The Hall–Kier alpha value is -6.66. The zero-order chi connectivity index (χ0) is 31.1. The fraction of sp³-hybridized carbons (Fsp3) is 0.0625. The van der Waals surface area contributed by atoms with Gasteiger partial charge in [0.2, 0.25) is 0 Å². The number of pyridine rings is 2. The van der Waals surface area contributed by atoms with Crippen LogP contribution in [0.1, 0.15) is 22.3 Å². The number of aromatic amines is 2. The van der Waals surface area contributed by atoms with Crippen LogP contribution in [0.25, 0.3) is 0 Å². The molecule has 0 spiro atoms. The predicted molar refractivity (Wildman–Crippen MR) is 167 cm³/mol. The van der Waals surface area contributed by atoms with Crippen LogP contribution in [0.4, 0.5) is 45.8 Å². The van der Waals surface area contributed by atoms with Gasteiger partial charge in [-0.1, -0.05) is 36.4 Å². The van der Waals surface area contributed by atoms with Crippen LogP contribution in [0.5, 0.6) is 0 Å². The minimum Gasteiger partial charge on any atom is -0.340 e. The number of H-pyrrole nitrogens is 2. The molecule has 0 unspecified atom stereocenters. The number of nitrogens with zero attached hydrogens (tertiary/aromatic N) is 6. The molecule has 0 atom stereocenters. The van der Waals surface area contributed by atoms with Gasteiger partial charge in [0.1, 0.15) is 46.3 Å². The highest BCUT2D eigenvalue weighted by Gasteiger charge is 2.16. The molecule has 0 radical (unpaired) electrons. The van der Waals surface area contributed by atoms with E-state index in [9.17, 15) is 20.1 Å². The lowest BCUT2D eigenvalue weighted by Gasteiger charge is -2.11. The molecule has 4 N–H and O–H groups in total. The molecule has 5 rings (SSSR count). The lowest BCUT2D eigenvalue weighted by atomic mass is 10.1. The summed E-state index contributed by atoms with van der Waals surface area (Å²) in [5, 5.41) is 42.5. The Morgan fingerprint density at radius 3 is 1.27 bits per heavy atom. The largest absolute Gasteiger partial charge is 0.340 e. The molecule has 0 aliphatic heterocycles. The van der Waals surface area contributed by atoms with Crippen molar-refractivity contribution in [2.45, 2.75) is 13.8 Å². The van der Waals surface area contributed by atoms with Crippen LogP contribution in [0.3, 0.4) is 0 Å². The molecule has 0 aliphatic rings. The van der Waals surface area contributed by atoms with Gasteiger partial charge in [-0.25, -0.2) is 0 Å². The topological polar surface area (TPSA) is 187 Å². The maximum Gasteiger partial charge on any atom is 0.267 e. The van der Waals surface area contributed by atoms with Crippen molar-refractivity contribution in [2.75, 3.05) is 10.6 Å². The third kappa shape index (κ3) is 6.30. The summed E-state index contributed by atoms with van der Waals surface area (Å²) in [4.78, 5) is 30.3. The highest BCUT2D eigenvalue weighted by atomic mass is 16.1. The molecular weight excluding hydrogens is 556 g/mol. The van der Waals surface area contributed by atoms with E-state index in [4.69, 9.17) is 0 Å². The molecule has 2 aromatic heterocycles. The fourth-order valence-electron chi connectivity index (χ4n) is 4.26. The van der Waals surface area contributed by atoms with Crippen molar-refractivity contribution in [1.82, 2.24) is 9.97 Å². The first kappa shape index (κ1) is 28.9. The number of hydrogen-bond acceptors (Lipinski definition) is 10. The number of para-hydroxylation sites is 2. The number of anilines is 4. The number of rotatable bonds is 8. The van der Waals surface area contributed by atoms with E-state index in [1.54, 1.807) is 38.1 Å². The molecule has 0 fully saturated rings. The number of hydrogen-bond donors (Lipinski definition) is 4. The minimum atomic E-state index is -0.529. The highest BCUT2D eigenvalue weighted by Crippen LogP contribution is 2.33. The van der Waals surface area contributed by atoms with Gasteiger partial charge in [-0.05, 0) is 62.4 Å². The Morgan fingerprint density at radius 1 is 0.568 bits per heavy atom. The molecule has 0 amide bonds. The number of nitrogens with one attached hydrogen (secondary N) is 4. The normalized spacial score (nSPS) is 10.9. The van der Waals surface area contributed by atoms with E-state index in [1.165, 1.54) is 0 Å². The molecule has 214 valence electrons. The average Bonchev–Trinajstić information content (AvgIpc) is 3.02. The van der Waals surface area contributed by atoms with Crippen molar-refractivity contribution in [3.8, 4) is 12.1 Å². The Kier molecular flexibility index (Phi) is 8.45. The molecule has 0 saturated carbocycles. The number of azo groups is 2. The second-order valence-corrected chi connectivity index (χ2v) is 9.48. The molecule has 2 heterocycles. The quantitative estimate of drug-likeness (QED) is 0.136. The first-order chi connectivity index (χ1) is 21.4. The van der Waals surface area contributed by atoms with Crippen LogP contribution in [0, 0.1) is 36.5 Å². The van der Waals surface area contributed by atoms with Gasteiger partial charge in [0, 0.05) is 22.5 Å². The van der Waals surface area contributed by atoms with E-state index < -0.39 is 11.1 Å². The summed E-state index contributed by atoms with van der Waals surface area (Å²) in [5.74, 6) is 0.611. The second-order valence-electron chi connectivity index (χ2n) is 9.48. The smallest absolute Gasteiger partial charge is 0.267 e. The van der Waals surface area contributed by atoms with E-state index in [0.29, 0.717) is 45.5 Å². The number of aromatic nitrogens is 2. The van der Waals surface area contributed by atoms with Crippen molar-refractivity contribution < 1.29 is 0 Å². The zero-order valence-corrected chi connectivity index (χ0v) is 23.6. The van der Waals surface area contributed by atoms with Crippen molar-refractivity contribution in [1.29, 1.82) is 10.5 Å². The van der Waals surface area contributed by atoms with Crippen LogP contribution in [0.15, 0.2) is 115 Å². The Morgan fingerprint density at radius 2 is 0.932 bits per heavy atom. The second kappa shape index (κ2) is 12.9. The first-order valence-electron chi connectivity index (χ1n) is 13.3. The van der Waals surface area contributed by atoms with Gasteiger partial charge in [0.25, 0.3) is 11.1 Å². The van der Waals surface area contributed by atoms with Gasteiger partial charge in [-0.15, -0.1) is 10.2 Å². The first-order valence-corrected chi connectivity index (χ1v) is 13.3. The molecular formula is C32H24N10O2. The third-order valence-corrected chi connectivity index (χ3v) is 6.56. The van der Waals surface area contributed by atoms with Gasteiger partial charge in [-0.2, -0.15) is 20.8 Å². The van der Waals surface area contributed by atoms with Gasteiger partial charge in [-0.3, -0.25) is 9.59 Å². The monoisotopic (exact) mass is 580 g/mol. The molecule has 12 heteroatoms. The predicted octanol–water partition coefficient (Wildman–Crippen LogP) is 7.74. The summed E-state index contributed by atoms with van der Waals surface area (Å²) < 4.78 is 0. The summed E-state index contributed by atoms with van der Waals surface area (Å²) in [6.07, 6.45) is 0. The standard InChI is InChI=1S/C32H24N10O2/c1-19-25(17-33)31(43)37-29(35-21-9-5-3-6-10-21)27(19)41-39-23-13-15-24(16-14-23)40-42-28-20(2)26(18-34)32(44)38-30(28)36-22-11-7-4-8-12-22/h3-16H,1-2H3,(H2,35,37,43)(H2,36,38,44). The van der Waals surface area contributed by atoms with Crippen molar-refractivity contribution >= 4 is 45.8 Å². The SMILES string of the molecule is Cc1c(N=Nc2ccc(N=Nc3c(Nc4ccccc4)[nH]c(=O)c(C#N)c3C)cc2)c(Nc2ccccc2)[nH]c(=O)c1C#N. The van der Waals surface area contributed by atoms with Gasteiger partial charge >= 0.3 is 0 Å². The molecule has 44 heavy (non-hydrogen) atoms. The highest BCUT2D eigenvalue weighted by molar-refractivity contribution is 5.74. The Labute approximate surface area is 251 Å². The lowest BCUT2D eigenvalue weighted by molar-refractivity contribution is 1.12. The minimum absolute atomic E-state index is 0.0495.